The molecule has 1 aliphatic rings. The van der Waals surface area contributed by atoms with Crippen molar-refractivity contribution in [3.63, 3.8) is 0 Å². The van der Waals surface area contributed by atoms with E-state index in [1.54, 1.807) is 36.0 Å². The number of pyridine rings is 1. The van der Waals surface area contributed by atoms with Gasteiger partial charge in [-0.25, -0.2) is 24.0 Å². The van der Waals surface area contributed by atoms with Gasteiger partial charge in [-0.05, 0) is 37.7 Å². The van der Waals surface area contributed by atoms with Crippen molar-refractivity contribution in [3.05, 3.63) is 65.2 Å². The van der Waals surface area contributed by atoms with Crippen molar-refractivity contribution >= 4 is 11.6 Å². The van der Waals surface area contributed by atoms with E-state index in [9.17, 15) is 9.65 Å². The molecule has 0 unspecified atom stereocenters. The van der Waals surface area contributed by atoms with Crippen LogP contribution in [0, 0.1) is 24.1 Å². The minimum atomic E-state index is -0.768. The quantitative estimate of drug-likeness (QED) is 0.455. The number of hydrogen-bond acceptors (Lipinski definition) is 9. The van der Waals surface area contributed by atoms with Gasteiger partial charge in [-0.2, -0.15) is 5.26 Å². The van der Waals surface area contributed by atoms with Gasteiger partial charge in [-0.1, -0.05) is 23.4 Å². The van der Waals surface area contributed by atoms with Crippen molar-refractivity contribution < 1.29 is 4.39 Å². The summed E-state index contributed by atoms with van der Waals surface area (Å²) in [6, 6.07) is 13.2. The molecule has 4 heterocycles. The lowest BCUT2D eigenvalue weighted by molar-refractivity contribution is 0.312. The van der Waals surface area contributed by atoms with Gasteiger partial charge in [0.15, 0.2) is 17.5 Å². The highest BCUT2D eigenvalue weighted by Crippen LogP contribution is 2.28. The van der Waals surface area contributed by atoms with Gasteiger partial charge in [0.1, 0.15) is 17.2 Å². The van der Waals surface area contributed by atoms with Crippen LogP contribution in [0.2, 0.25) is 0 Å². The fourth-order valence-corrected chi connectivity index (χ4v) is 4.17. The summed E-state index contributed by atoms with van der Waals surface area (Å²) >= 11 is 0. The van der Waals surface area contributed by atoms with E-state index in [4.69, 9.17) is 10.7 Å². The molecule has 0 saturated carbocycles. The van der Waals surface area contributed by atoms with Crippen LogP contribution in [0.5, 0.6) is 0 Å². The van der Waals surface area contributed by atoms with E-state index in [2.05, 4.69) is 43.2 Å². The van der Waals surface area contributed by atoms with E-state index in [0.717, 1.165) is 37.7 Å². The Morgan fingerprint density at radius 3 is 2.61 bits per heavy atom. The second-order valence-electron chi connectivity index (χ2n) is 8.76. The Hall–Kier alpha value is -4.43. The van der Waals surface area contributed by atoms with Crippen molar-refractivity contribution in [2.75, 3.05) is 43.9 Å². The largest absolute Gasteiger partial charge is 0.381 e. The minimum absolute atomic E-state index is 0.0512. The van der Waals surface area contributed by atoms with Gasteiger partial charge < -0.3 is 15.5 Å². The van der Waals surface area contributed by atoms with E-state index in [0.29, 0.717) is 23.2 Å². The fourth-order valence-electron chi connectivity index (χ4n) is 4.17. The molecular formula is C25H25FN10. The number of hydrogen-bond donors (Lipinski definition) is 1. The Morgan fingerprint density at radius 1 is 1.06 bits per heavy atom. The third-order valence-corrected chi connectivity index (χ3v) is 6.30. The molecule has 0 atom stereocenters. The Morgan fingerprint density at radius 2 is 1.83 bits per heavy atom. The summed E-state index contributed by atoms with van der Waals surface area (Å²) in [6.45, 7) is 5.99. The summed E-state index contributed by atoms with van der Waals surface area (Å²) in [7, 11) is 2.12. The zero-order chi connectivity index (χ0) is 25.2. The predicted octanol–water partition coefficient (Wildman–Crippen LogP) is 2.50. The molecule has 1 aromatic carbocycles. The van der Waals surface area contributed by atoms with Gasteiger partial charge in [-0.3, -0.25) is 0 Å². The normalized spacial score (nSPS) is 14.1. The van der Waals surface area contributed by atoms with Crippen LogP contribution in [0.15, 0.2) is 42.6 Å². The lowest BCUT2D eigenvalue weighted by Crippen LogP contribution is -2.44. The number of anilines is 2. The lowest BCUT2D eigenvalue weighted by atomic mass is 10.0. The highest BCUT2D eigenvalue weighted by Gasteiger charge is 2.20. The molecule has 1 aliphatic heterocycles. The zero-order valence-electron chi connectivity index (χ0n) is 20.1. The molecule has 5 rings (SSSR count). The van der Waals surface area contributed by atoms with E-state index in [1.165, 1.54) is 0 Å². The Labute approximate surface area is 207 Å². The third kappa shape index (κ3) is 4.58. The summed E-state index contributed by atoms with van der Waals surface area (Å²) in [5.41, 5.74) is 8.64. The Kier molecular flexibility index (Phi) is 6.26. The second kappa shape index (κ2) is 9.67. The number of likely N-dealkylation sites (N-methyl/N-ethyl adjacent to an activating group) is 1. The zero-order valence-corrected chi connectivity index (χ0v) is 20.1. The molecule has 1 fully saturated rings. The fraction of sp³-hybridized carbons (Fsp3) is 0.280. The highest BCUT2D eigenvalue weighted by molar-refractivity contribution is 5.69. The van der Waals surface area contributed by atoms with Gasteiger partial charge in [0, 0.05) is 31.7 Å². The second-order valence-corrected chi connectivity index (χ2v) is 8.76. The summed E-state index contributed by atoms with van der Waals surface area (Å²) < 4.78 is 16.5. The first-order chi connectivity index (χ1) is 17.4. The maximum atomic E-state index is 15.0. The van der Waals surface area contributed by atoms with Crippen molar-refractivity contribution in [1.82, 2.24) is 34.8 Å². The predicted molar refractivity (Wildman–Crippen MR) is 133 cm³/mol. The average molecular weight is 485 g/mol. The van der Waals surface area contributed by atoms with Crippen molar-refractivity contribution in [2.24, 2.45) is 0 Å². The molecule has 3 aromatic heterocycles. The molecule has 182 valence electrons. The Balaban J connectivity index is 1.42. The van der Waals surface area contributed by atoms with Crippen LogP contribution in [0.4, 0.5) is 16.0 Å². The molecule has 10 nitrogen and oxygen atoms in total. The number of piperazine rings is 1. The molecule has 2 N–H and O–H groups in total. The molecule has 1 saturated heterocycles. The molecule has 0 spiro atoms. The summed E-state index contributed by atoms with van der Waals surface area (Å²) in [6.07, 6.45) is 1.61. The molecule has 11 heteroatoms. The molecular weight excluding hydrogens is 459 g/mol. The standard InChI is InChI=1S/C25H25FN10/c1-16-17(13-27)5-3-7-19(16)25-30-23(22(26)24(28)31-25)20-15-36(33-32-20)14-18-6-4-8-21(29-18)35-11-9-34(2)10-12-35/h3-8,15H,9-12,14H2,1-2H3,(H2,28,30,31). The Bertz CT molecular complexity index is 1450. The lowest BCUT2D eigenvalue weighted by Gasteiger charge is -2.33. The summed E-state index contributed by atoms with van der Waals surface area (Å²) in [4.78, 5) is 17.8. The van der Waals surface area contributed by atoms with Crippen LogP contribution in [-0.2, 0) is 6.54 Å². The number of nitriles is 1. The highest BCUT2D eigenvalue weighted by atomic mass is 19.1. The number of benzene rings is 1. The number of halogens is 1. The van der Waals surface area contributed by atoms with E-state index in [1.807, 2.05) is 18.2 Å². The average Bonchev–Trinajstić information content (AvgIpc) is 3.34. The molecule has 4 aromatic rings. The van der Waals surface area contributed by atoms with Gasteiger partial charge in [0.05, 0.1) is 30.1 Å². The van der Waals surface area contributed by atoms with E-state index < -0.39 is 5.82 Å². The SMILES string of the molecule is Cc1c(C#N)cccc1-c1nc(N)c(F)c(-c2cn(Cc3cccc(N4CCN(C)CC4)n3)nn2)n1. The first-order valence-corrected chi connectivity index (χ1v) is 11.6. The monoisotopic (exact) mass is 484 g/mol. The van der Waals surface area contributed by atoms with Gasteiger partial charge in [0.2, 0.25) is 0 Å². The van der Waals surface area contributed by atoms with E-state index >= 15 is 0 Å². The van der Waals surface area contributed by atoms with Crippen LogP contribution in [0.3, 0.4) is 0 Å². The van der Waals surface area contributed by atoms with Crippen LogP contribution in [-0.4, -0.2) is 68.1 Å². The summed E-state index contributed by atoms with van der Waals surface area (Å²) in [5, 5.41) is 17.6. The minimum Gasteiger partial charge on any atom is -0.381 e. The summed E-state index contributed by atoms with van der Waals surface area (Å²) in [5.74, 6) is 0.0766. The molecule has 36 heavy (non-hydrogen) atoms. The van der Waals surface area contributed by atoms with Crippen LogP contribution in [0.1, 0.15) is 16.8 Å². The third-order valence-electron chi connectivity index (χ3n) is 6.30. The van der Waals surface area contributed by atoms with Crippen LogP contribution < -0.4 is 10.6 Å². The topological polar surface area (TPSA) is 126 Å². The number of aromatic nitrogens is 6. The molecule has 0 amide bonds. The van der Waals surface area contributed by atoms with Crippen molar-refractivity contribution in [2.45, 2.75) is 13.5 Å². The van der Waals surface area contributed by atoms with E-state index in [-0.39, 0.29) is 23.0 Å². The number of nitrogens with zero attached hydrogens (tertiary/aromatic N) is 9. The van der Waals surface area contributed by atoms with Crippen LogP contribution >= 0.6 is 0 Å². The molecule has 0 aliphatic carbocycles. The van der Waals surface area contributed by atoms with Gasteiger partial charge in [0.25, 0.3) is 0 Å². The smallest absolute Gasteiger partial charge is 0.193 e. The number of nitrogen functional groups attached to an aromatic ring is 1. The van der Waals surface area contributed by atoms with Crippen molar-refractivity contribution in [3.8, 4) is 28.8 Å². The van der Waals surface area contributed by atoms with Gasteiger partial charge in [-0.15, -0.1) is 5.10 Å². The van der Waals surface area contributed by atoms with Gasteiger partial charge >= 0.3 is 0 Å². The first kappa shape index (κ1) is 23.3. The number of rotatable bonds is 5. The van der Waals surface area contributed by atoms with Crippen LogP contribution in [0.25, 0.3) is 22.8 Å². The van der Waals surface area contributed by atoms with Crippen molar-refractivity contribution in [1.29, 1.82) is 5.26 Å². The molecule has 0 radical (unpaired) electrons. The maximum absolute atomic E-state index is 15.0. The maximum Gasteiger partial charge on any atom is 0.193 e. The number of nitrogens with two attached hydrogens (primary N) is 1. The first-order valence-electron chi connectivity index (χ1n) is 11.6. The molecule has 0 bridgehead atoms.